The number of carboxylic acid groups (broad SMARTS) is 2. The Bertz CT molecular complexity index is 520. The molecule has 110 valence electrons. The first-order valence-corrected chi connectivity index (χ1v) is 5.93. The molecule has 0 aromatic carbocycles. The third-order valence-electron chi connectivity index (χ3n) is 3.45. The number of rotatable bonds is 3. The molecule has 1 amide bonds. The Balaban J connectivity index is 2.26. The summed E-state index contributed by atoms with van der Waals surface area (Å²) in [4.78, 5) is 23.3. The molecule has 1 saturated heterocycles. The van der Waals surface area contributed by atoms with Gasteiger partial charge >= 0.3 is 18.6 Å². The van der Waals surface area contributed by atoms with Crippen molar-refractivity contribution in [2.45, 2.75) is 18.9 Å². The minimum Gasteiger partial charge on any atom is -0.481 e. The second-order valence-electron chi connectivity index (χ2n) is 4.60. The molecule has 0 radical (unpaired) electrons. The zero-order valence-corrected chi connectivity index (χ0v) is 10.3. The summed E-state index contributed by atoms with van der Waals surface area (Å²) in [6.07, 6.45) is 1.22. The van der Waals surface area contributed by atoms with Crippen molar-refractivity contribution in [3.8, 4) is 0 Å². The summed E-state index contributed by atoms with van der Waals surface area (Å²) >= 11 is 0. The van der Waals surface area contributed by atoms with Crippen molar-refractivity contribution in [2.75, 3.05) is 13.1 Å². The zero-order valence-electron chi connectivity index (χ0n) is 10.3. The average molecular weight is 289 g/mol. The van der Waals surface area contributed by atoms with Gasteiger partial charge in [-0.05, 0) is 12.0 Å². The van der Waals surface area contributed by atoms with Gasteiger partial charge in [0.1, 0.15) is 0 Å². The first kappa shape index (κ1) is 14.2. The molecule has 0 saturated carbocycles. The molecule has 1 aliphatic rings. The van der Waals surface area contributed by atoms with Gasteiger partial charge in [-0.15, -0.1) is 0 Å². The van der Waals surface area contributed by atoms with Crippen LogP contribution in [0, 0.1) is 5.92 Å². The van der Waals surface area contributed by atoms with E-state index in [-0.39, 0.29) is 19.5 Å². The van der Waals surface area contributed by atoms with E-state index in [1.165, 1.54) is 0 Å². The van der Waals surface area contributed by atoms with E-state index in [1.54, 1.807) is 0 Å². The molecule has 1 aromatic heterocycles. The molecular formula is C11H13F2N3O4. The maximum Gasteiger partial charge on any atom is 0.407 e. The molecule has 0 aliphatic carbocycles. The number of nitrogens with zero attached hydrogens (tertiary/aromatic N) is 3. The first-order chi connectivity index (χ1) is 9.40. The van der Waals surface area contributed by atoms with E-state index in [9.17, 15) is 18.4 Å². The molecule has 2 heterocycles. The van der Waals surface area contributed by atoms with Crippen molar-refractivity contribution >= 4 is 12.1 Å². The number of halogens is 2. The van der Waals surface area contributed by atoms with E-state index >= 15 is 0 Å². The minimum absolute atomic E-state index is 0.0404. The summed E-state index contributed by atoms with van der Waals surface area (Å²) in [7, 11) is 0. The third-order valence-corrected chi connectivity index (χ3v) is 3.45. The van der Waals surface area contributed by atoms with Crippen LogP contribution in [0.1, 0.15) is 24.5 Å². The molecule has 1 aromatic rings. The summed E-state index contributed by atoms with van der Waals surface area (Å²) in [5.41, 5.74) is 0.309. The highest BCUT2D eigenvalue weighted by atomic mass is 19.3. The molecule has 0 bridgehead atoms. The van der Waals surface area contributed by atoms with Crippen LogP contribution in [-0.2, 0) is 4.79 Å². The van der Waals surface area contributed by atoms with Gasteiger partial charge in [0.15, 0.2) is 0 Å². The molecule has 20 heavy (non-hydrogen) atoms. The zero-order chi connectivity index (χ0) is 14.9. The molecule has 2 rings (SSSR count). The maximum absolute atomic E-state index is 12.5. The summed E-state index contributed by atoms with van der Waals surface area (Å²) in [6.45, 7) is -2.74. The van der Waals surface area contributed by atoms with Crippen LogP contribution >= 0.6 is 0 Å². The van der Waals surface area contributed by atoms with E-state index in [0.717, 1.165) is 17.3 Å². The number of hydrogen-bond acceptors (Lipinski definition) is 3. The molecular weight excluding hydrogens is 276 g/mol. The minimum atomic E-state index is -2.81. The third kappa shape index (κ3) is 2.70. The van der Waals surface area contributed by atoms with E-state index in [2.05, 4.69) is 5.10 Å². The van der Waals surface area contributed by atoms with Crippen molar-refractivity contribution in [1.82, 2.24) is 14.7 Å². The number of amides is 1. The Morgan fingerprint density at radius 1 is 1.40 bits per heavy atom. The smallest absolute Gasteiger partial charge is 0.407 e. The SMILES string of the molecule is O=C(O)[C@@H]1CCN(C(=O)O)C[C@H]1c1cnn(C(F)F)c1. The monoisotopic (exact) mass is 289 g/mol. The maximum atomic E-state index is 12.5. The highest BCUT2D eigenvalue weighted by Crippen LogP contribution is 2.33. The number of hydrogen-bond donors (Lipinski definition) is 2. The van der Waals surface area contributed by atoms with Crippen LogP contribution in [0.5, 0.6) is 0 Å². The van der Waals surface area contributed by atoms with Crippen LogP contribution in [0.15, 0.2) is 12.4 Å². The van der Waals surface area contributed by atoms with Crippen molar-refractivity contribution in [2.24, 2.45) is 5.92 Å². The summed E-state index contributed by atoms with van der Waals surface area (Å²) < 4.78 is 25.4. The average Bonchev–Trinajstić information content (AvgIpc) is 2.87. The van der Waals surface area contributed by atoms with Gasteiger partial charge in [0.05, 0.1) is 12.1 Å². The van der Waals surface area contributed by atoms with Gasteiger partial charge in [0, 0.05) is 25.2 Å². The summed E-state index contributed by atoms with van der Waals surface area (Å²) in [6, 6.07) is 0. The van der Waals surface area contributed by atoms with Crippen molar-refractivity contribution in [3.63, 3.8) is 0 Å². The quantitative estimate of drug-likeness (QED) is 0.878. The lowest BCUT2D eigenvalue weighted by Crippen LogP contribution is -2.44. The molecule has 0 spiro atoms. The number of likely N-dealkylation sites (tertiary alicyclic amines) is 1. The Morgan fingerprint density at radius 2 is 2.10 bits per heavy atom. The molecule has 2 N–H and O–H groups in total. The lowest BCUT2D eigenvalue weighted by Gasteiger charge is -2.34. The highest BCUT2D eigenvalue weighted by molar-refractivity contribution is 5.72. The van der Waals surface area contributed by atoms with E-state index < -0.39 is 30.4 Å². The number of carbonyl (C=O) groups is 2. The van der Waals surface area contributed by atoms with Crippen LogP contribution in [0.4, 0.5) is 13.6 Å². The highest BCUT2D eigenvalue weighted by Gasteiger charge is 2.37. The van der Waals surface area contributed by atoms with Gasteiger partial charge in [-0.3, -0.25) is 4.79 Å². The fourth-order valence-electron chi connectivity index (χ4n) is 2.41. The molecule has 2 atom stereocenters. The van der Waals surface area contributed by atoms with Gasteiger partial charge in [-0.25, -0.2) is 9.48 Å². The van der Waals surface area contributed by atoms with Gasteiger partial charge < -0.3 is 15.1 Å². The molecule has 7 nitrogen and oxygen atoms in total. The van der Waals surface area contributed by atoms with Gasteiger partial charge in [-0.1, -0.05) is 0 Å². The largest absolute Gasteiger partial charge is 0.481 e. The Morgan fingerprint density at radius 3 is 2.60 bits per heavy atom. The summed E-state index contributed by atoms with van der Waals surface area (Å²) in [5.74, 6) is -2.55. The topological polar surface area (TPSA) is 95.7 Å². The van der Waals surface area contributed by atoms with Gasteiger partial charge in [0.25, 0.3) is 0 Å². The molecule has 1 aliphatic heterocycles. The second kappa shape index (κ2) is 5.43. The number of piperidine rings is 1. The lowest BCUT2D eigenvalue weighted by atomic mass is 9.82. The first-order valence-electron chi connectivity index (χ1n) is 5.93. The number of carboxylic acids is 1. The Labute approximate surface area is 112 Å². The number of aliphatic carboxylic acids is 1. The van der Waals surface area contributed by atoms with Crippen LogP contribution in [0.25, 0.3) is 0 Å². The second-order valence-corrected chi connectivity index (χ2v) is 4.60. The van der Waals surface area contributed by atoms with E-state index in [1.807, 2.05) is 0 Å². The van der Waals surface area contributed by atoms with Crippen LogP contribution in [-0.4, -0.2) is 50.0 Å². The van der Waals surface area contributed by atoms with Crippen molar-refractivity contribution in [1.29, 1.82) is 0 Å². The van der Waals surface area contributed by atoms with Gasteiger partial charge in [-0.2, -0.15) is 13.9 Å². The predicted octanol–water partition coefficient (Wildman–Crippen LogP) is 1.45. The van der Waals surface area contributed by atoms with Crippen LogP contribution in [0.3, 0.4) is 0 Å². The predicted molar refractivity (Wildman–Crippen MR) is 61.6 cm³/mol. The van der Waals surface area contributed by atoms with E-state index in [4.69, 9.17) is 10.2 Å². The molecule has 0 unspecified atom stereocenters. The standard InChI is InChI=1S/C11H13F2N3O4/c12-10(13)16-4-6(3-14-16)8-5-15(11(19)20)2-1-7(8)9(17)18/h3-4,7-8,10H,1-2,5H2,(H,17,18)(H,19,20)/t7-,8+/m1/s1. The van der Waals surface area contributed by atoms with Crippen LogP contribution in [0.2, 0.25) is 0 Å². The lowest BCUT2D eigenvalue weighted by molar-refractivity contribution is -0.144. The molecule has 1 fully saturated rings. The normalized spacial score (nSPS) is 23.1. The van der Waals surface area contributed by atoms with Crippen molar-refractivity contribution < 1.29 is 28.6 Å². The van der Waals surface area contributed by atoms with E-state index in [0.29, 0.717) is 10.2 Å². The number of alkyl halides is 2. The van der Waals surface area contributed by atoms with Crippen LogP contribution < -0.4 is 0 Å². The Kier molecular flexibility index (Phi) is 3.86. The van der Waals surface area contributed by atoms with Gasteiger partial charge in [0.2, 0.25) is 0 Å². The van der Waals surface area contributed by atoms with Crippen molar-refractivity contribution in [3.05, 3.63) is 18.0 Å². The number of aromatic nitrogens is 2. The fourth-order valence-corrected chi connectivity index (χ4v) is 2.41. The molecule has 9 heteroatoms. The Hall–Kier alpha value is -2.19. The fraction of sp³-hybridized carbons (Fsp3) is 0.545. The summed E-state index contributed by atoms with van der Waals surface area (Å²) in [5, 5.41) is 21.6.